The number of fused-ring (bicyclic) bond motifs is 1. The number of amides is 2. The molecule has 8 heteroatoms. The average Bonchev–Trinajstić information content (AvgIpc) is 2.68. The number of carbonyl (C=O) groups excluding carboxylic acids is 2. The number of piperidine rings is 1. The second kappa shape index (κ2) is 9.34. The number of nitrogens with one attached hydrogen (secondary N) is 1. The van der Waals surface area contributed by atoms with E-state index < -0.39 is 11.9 Å². The highest BCUT2D eigenvalue weighted by Gasteiger charge is 2.30. The van der Waals surface area contributed by atoms with Crippen molar-refractivity contribution in [3.8, 4) is 11.5 Å². The molecule has 3 rings (SSSR count). The summed E-state index contributed by atoms with van der Waals surface area (Å²) in [6, 6.07) is 2.42. The van der Waals surface area contributed by atoms with Crippen molar-refractivity contribution in [2.75, 3.05) is 14.2 Å². The number of carbonyl (C=O) groups is 2. The summed E-state index contributed by atoms with van der Waals surface area (Å²) in [7, 11) is 2.98. The Kier molecular flexibility index (Phi) is 7.14. The first-order chi connectivity index (χ1) is 13.4. The maximum atomic E-state index is 12.9. The Balaban J connectivity index is 0.000000640. The van der Waals surface area contributed by atoms with Gasteiger partial charge in [-0.05, 0) is 19.4 Å². The average molecular weight is 389 g/mol. The molecular formula is C20H27N3O5. The van der Waals surface area contributed by atoms with E-state index in [-0.39, 0.29) is 24.3 Å². The molecule has 1 fully saturated rings. The molecule has 0 unspecified atom stereocenters. The van der Waals surface area contributed by atoms with Gasteiger partial charge < -0.3 is 9.47 Å². The zero-order valence-corrected chi connectivity index (χ0v) is 17.0. The highest BCUT2D eigenvalue weighted by atomic mass is 16.5. The van der Waals surface area contributed by atoms with Crippen LogP contribution in [0.4, 0.5) is 0 Å². The summed E-state index contributed by atoms with van der Waals surface area (Å²) in [6.07, 6.45) is 3.10. The summed E-state index contributed by atoms with van der Waals surface area (Å²) < 4.78 is 11.8. The van der Waals surface area contributed by atoms with Crippen molar-refractivity contribution in [2.24, 2.45) is 0 Å². The van der Waals surface area contributed by atoms with Gasteiger partial charge in [0, 0.05) is 12.5 Å². The second-order valence-electron chi connectivity index (χ2n) is 6.53. The molecule has 2 heterocycles. The number of hydrogen-bond donors (Lipinski definition) is 1. The molecular weight excluding hydrogens is 362 g/mol. The third-order valence-electron chi connectivity index (χ3n) is 4.60. The molecule has 0 saturated carbocycles. The number of rotatable bonds is 4. The smallest absolute Gasteiger partial charge is 0.262 e. The van der Waals surface area contributed by atoms with E-state index in [2.05, 4.69) is 24.1 Å². The Labute approximate surface area is 163 Å². The fourth-order valence-electron chi connectivity index (χ4n) is 2.93. The van der Waals surface area contributed by atoms with Crippen molar-refractivity contribution in [3.05, 3.63) is 28.3 Å². The predicted octanol–water partition coefficient (Wildman–Crippen LogP) is 2.51. The Morgan fingerprint density at radius 3 is 2.25 bits per heavy atom. The van der Waals surface area contributed by atoms with Crippen molar-refractivity contribution >= 4 is 22.7 Å². The van der Waals surface area contributed by atoms with Crippen LogP contribution in [0.1, 0.15) is 51.4 Å². The number of unbranched alkanes of at least 4 members (excludes halogenated alkanes) is 1. The summed E-state index contributed by atoms with van der Waals surface area (Å²) in [5, 5.41) is 2.58. The minimum atomic E-state index is -0.750. The molecule has 152 valence electrons. The minimum absolute atomic E-state index is 0.187. The topological polar surface area (TPSA) is 99.5 Å². The molecule has 1 aliphatic rings. The van der Waals surface area contributed by atoms with E-state index in [0.717, 1.165) is 0 Å². The summed E-state index contributed by atoms with van der Waals surface area (Å²) in [6.45, 7) is 6.02. The molecule has 0 bridgehead atoms. The van der Waals surface area contributed by atoms with Crippen LogP contribution in [0.25, 0.3) is 10.9 Å². The van der Waals surface area contributed by atoms with Crippen LogP contribution in [0.5, 0.6) is 11.5 Å². The molecule has 28 heavy (non-hydrogen) atoms. The SMILES string of the molecule is CCCC.COc1cc2nc(C)n([C@@H]3CCC(=O)NC3=O)c(=O)c2cc1OC. The molecule has 1 aromatic carbocycles. The zero-order chi connectivity index (χ0) is 20.8. The van der Waals surface area contributed by atoms with E-state index in [1.807, 2.05) is 0 Å². The van der Waals surface area contributed by atoms with Gasteiger partial charge >= 0.3 is 0 Å². The normalized spacial score (nSPS) is 16.2. The fraction of sp³-hybridized carbons (Fsp3) is 0.500. The Hall–Kier alpha value is -2.90. The van der Waals surface area contributed by atoms with E-state index in [9.17, 15) is 14.4 Å². The van der Waals surface area contributed by atoms with Gasteiger partial charge in [0.25, 0.3) is 5.56 Å². The van der Waals surface area contributed by atoms with Crippen molar-refractivity contribution in [3.63, 3.8) is 0 Å². The summed E-state index contributed by atoms with van der Waals surface area (Å²) in [5.74, 6) is 0.451. The van der Waals surface area contributed by atoms with Gasteiger partial charge in [-0.1, -0.05) is 26.7 Å². The first-order valence-corrected chi connectivity index (χ1v) is 9.36. The highest BCUT2D eigenvalue weighted by Crippen LogP contribution is 2.30. The van der Waals surface area contributed by atoms with Crippen LogP contribution in [-0.2, 0) is 9.59 Å². The lowest BCUT2D eigenvalue weighted by molar-refractivity contribution is -0.135. The summed E-state index contributed by atoms with van der Waals surface area (Å²) in [4.78, 5) is 40.7. The zero-order valence-electron chi connectivity index (χ0n) is 17.0. The Morgan fingerprint density at radius 1 is 1.11 bits per heavy atom. The van der Waals surface area contributed by atoms with E-state index in [4.69, 9.17) is 9.47 Å². The van der Waals surface area contributed by atoms with Crippen LogP contribution >= 0.6 is 0 Å². The van der Waals surface area contributed by atoms with Crippen LogP contribution in [0.3, 0.4) is 0 Å². The third-order valence-corrected chi connectivity index (χ3v) is 4.60. The molecule has 1 N–H and O–H groups in total. The molecule has 0 aliphatic carbocycles. The predicted molar refractivity (Wildman–Crippen MR) is 106 cm³/mol. The van der Waals surface area contributed by atoms with E-state index in [1.54, 1.807) is 19.1 Å². The van der Waals surface area contributed by atoms with E-state index in [0.29, 0.717) is 28.2 Å². The lowest BCUT2D eigenvalue weighted by atomic mass is 10.1. The van der Waals surface area contributed by atoms with Gasteiger partial charge in [-0.2, -0.15) is 0 Å². The van der Waals surface area contributed by atoms with Gasteiger partial charge in [0.2, 0.25) is 11.8 Å². The Morgan fingerprint density at radius 2 is 1.71 bits per heavy atom. The number of methoxy groups -OCH3 is 2. The molecule has 0 spiro atoms. The fourth-order valence-corrected chi connectivity index (χ4v) is 2.93. The number of aromatic nitrogens is 2. The number of ether oxygens (including phenoxy) is 2. The van der Waals surface area contributed by atoms with Crippen LogP contribution in [0.2, 0.25) is 0 Å². The van der Waals surface area contributed by atoms with Crippen molar-refractivity contribution in [1.29, 1.82) is 0 Å². The van der Waals surface area contributed by atoms with Gasteiger partial charge in [0.05, 0.1) is 25.1 Å². The lowest BCUT2D eigenvalue weighted by Gasteiger charge is -2.24. The quantitative estimate of drug-likeness (QED) is 0.807. The molecule has 2 amide bonds. The monoisotopic (exact) mass is 389 g/mol. The van der Waals surface area contributed by atoms with Crippen molar-refractivity contribution in [2.45, 2.75) is 52.5 Å². The van der Waals surface area contributed by atoms with Gasteiger partial charge in [-0.15, -0.1) is 0 Å². The van der Waals surface area contributed by atoms with E-state index in [1.165, 1.54) is 31.6 Å². The van der Waals surface area contributed by atoms with Crippen LogP contribution in [0.15, 0.2) is 16.9 Å². The molecule has 1 saturated heterocycles. The number of nitrogens with zero attached hydrogens (tertiary/aromatic N) is 2. The molecule has 1 aliphatic heterocycles. The molecule has 1 aromatic heterocycles. The van der Waals surface area contributed by atoms with Crippen LogP contribution in [0, 0.1) is 6.92 Å². The number of hydrogen-bond acceptors (Lipinski definition) is 6. The summed E-state index contributed by atoms with van der Waals surface area (Å²) >= 11 is 0. The van der Waals surface area contributed by atoms with Crippen LogP contribution in [-0.4, -0.2) is 35.6 Å². The Bertz CT molecular complexity index is 934. The molecule has 1 atom stereocenters. The molecule has 0 radical (unpaired) electrons. The number of aryl methyl sites for hydroxylation is 1. The molecule has 2 aromatic rings. The van der Waals surface area contributed by atoms with Gasteiger partial charge in [-0.25, -0.2) is 4.98 Å². The first-order valence-electron chi connectivity index (χ1n) is 9.36. The standard InChI is InChI=1S/C16H17N3O5.C4H10/c1-8-17-10-7-13(24-3)12(23-2)6-9(10)16(22)19(8)11-4-5-14(20)18-15(11)21;1-3-4-2/h6-7,11H,4-5H2,1-3H3,(H,18,20,21);3-4H2,1-2H3/t11-;/m1./s1. The van der Waals surface area contributed by atoms with Crippen molar-refractivity contribution in [1.82, 2.24) is 14.9 Å². The maximum absolute atomic E-state index is 12.9. The van der Waals surface area contributed by atoms with Gasteiger partial charge in [-0.3, -0.25) is 24.3 Å². The van der Waals surface area contributed by atoms with E-state index >= 15 is 0 Å². The van der Waals surface area contributed by atoms with Gasteiger partial charge in [0.1, 0.15) is 11.9 Å². The highest BCUT2D eigenvalue weighted by molar-refractivity contribution is 5.99. The van der Waals surface area contributed by atoms with Crippen molar-refractivity contribution < 1.29 is 19.1 Å². The second-order valence-corrected chi connectivity index (χ2v) is 6.53. The first kappa shape index (κ1) is 21.4. The maximum Gasteiger partial charge on any atom is 0.262 e. The number of imide groups is 1. The van der Waals surface area contributed by atoms with Crippen LogP contribution < -0.4 is 20.3 Å². The lowest BCUT2D eigenvalue weighted by Crippen LogP contribution is -2.45. The summed E-state index contributed by atoms with van der Waals surface area (Å²) in [5.41, 5.74) is 0.103. The minimum Gasteiger partial charge on any atom is -0.493 e. The van der Waals surface area contributed by atoms with Gasteiger partial charge in [0.15, 0.2) is 11.5 Å². The molecule has 8 nitrogen and oxygen atoms in total. The third kappa shape index (κ3) is 4.32. The largest absolute Gasteiger partial charge is 0.493 e. The number of benzene rings is 1.